The summed E-state index contributed by atoms with van der Waals surface area (Å²) in [6, 6.07) is -5.80. The maximum absolute atomic E-state index is 13.0. The molecule has 1 aliphatic carbocycles. The molecule has 0 aromatic heterocycles. The predicted molar refractivity (Wildman–Crippen MR) is 213 cm³/mol. The molecule has 7 unspecified atom stereocenters. The molecule has 34 heteroatoms. The lowest BCUT2D eigenvalue weighted by Gasteiger charge is -2.48. The summed E-state index contributed by atoms with van der Waals surface area (Å²) in [5, 5.41) is 32.5. The summed E-state index contributed by atoms with van der Waals surface area (Å²) in [6.07, 6.45) is -23.3. The number of hydrogen-bond donors (Lipinski definition) is 1. The topological polar surface area (TPSA) is 490 Å². The van der Waals surface area contributed by atoms with E-state index >= 15 is 0 Å². The molecular weight excluding hydrogens is 904 g/mol. The van der Waals surface area contributed by atoms with E-state index in [1.54, 1.807) is 13.8 Å². The fraction of sp³-hybridized carbons (Fsp3) is 0.848. The lowest BCUT2D eigenvalue weighted by atomic mass is 9.81. The Bertz CT molecular complexity index is 2150. The lowest BCUT2D eigenvalue weighted by Crippen LogP contribution is -2.62. The maximum atomic E-state index is 13.0. The Morgan fingerprint density at radius 3 is 1.49 bits per heavy atom. The molecule has 0 spiro atoms. The van der Waals surface area contributed by atoms with Crippen LogP contribution in [0.2, 0.25) is 0 Å². The highest BCUT2D eigenvalue weighted by molar-refractivity contribution is 5.74. The highest BCUT2D eigenvalue weighted by Crippen LogP contribution is 2.41. The average Bonchev–Trinajstić information content (AvgIpc) is 3.58. The summed E-state index contributed by atoms with van der Waals surface area (Å²) in [7, 11) is 0. The highest BCUT2D eigenvalue weighted by atomic mass is 16.8. The maximum Gasteiger partial charge on any atom is 0.335 e. The van der Waals surface area contributed by atoms with Crippen molar-refractivity contribution in [1.82, 2.24) is 0 Å². The number of hydrogen-bond acceptors (Lipinski definition) is 21. The smallest absolute Gasteiger partial charge is 0.335 e. The third-order valence-electron chi connectivity index (χ3n) is 11.0. The third-order valence-corrected chi connectivity index (χ3v) is 11.0. The molecule has 0 radical (unpaired) electrons. The summed E-state index contributed by atoms with van der Waals surface area (Å²) in [6.45, 7) is 6.42. The predicted octanol–water partition coefficient (Wildman–Crippen LogP) is 4.14. The first-order chi connectivity index (χ1) is 31.9. The van der Waals surface area contributed by atoms with Gasteiger partial charge in [0.15, 0.2) is 43.3 Å². The van der Waals surface area contributed by atoms with E-state index in [4.69, 9.17) is 58.4 Å². The standard InChI is InChI=1S/C33H44N18O16/c1-10-11(2)20(44-50-38)31(62-18(10)8-40-46-34)64-23-17(43-49-37)7-16(42-48-36)22(58-12(3)52)26(23)66-33-29(61-15(6)55)27(28(67-33)30(56)57)65-32-21(45-51-39)25(60-14(5)54)24(59-13(4)53)19(63-32)9-41-47-35/h10-11,16-29,31-33H,7-9H2,1-6H3,(H,56,57)/t10-,11-,16+,17?,18?,19-,20?,21?,22?,23+,24+,25?,26+,27-,28-,29?,31+,32+,33+/m0/s1. The second-order valence-corrected chi connectivity index (χ2v) is 15.2. The van der Waals surface area contributed by atoms with Gasteiger partial charge in [0.2, 0.25) is 0 Å². The minimum absolute atomic E-state index is 0.217. The zero-order chi connectivity index (χ0) is 49.5. The van der Waals surface area contributed by atoms with Crippen molar-refractivity contribution in [2.75, 3.05) is 13.1 Å². The van der Waals surface area contributed by atoms with Gasteiger partial charge in [-0.05, 0) is 51.4 Å². The van der Waals surface area contributed by atoms with E-state index < -0.39 is 152 Å². The monoisotopic (exact) mass is 948 g/mol. The van der Waals surface area contributed by atoms with E-state index in [0.717, 1.165) is 27.7 Å². The number of carboxylic acids is 1. The number of esters is 4. The van der Waals surface area contributed by atoms with Crippen LogP contribution in [0.25, 0.3) is 62.7 Å². The van der Waals surface area contributed by atoms with Gasteiger partial charge in [-0.25, -0.2) is 4.79 Å². The van der Waals surface area contributed by atoms with Gasteiger partial charge in [-0.3, -0.25) is 19.2 Å². The minimum atomic E-state index is -2.21. The Balaban J connectivity index is 1.89. The van der Waals surface area contributed by atoms with Gasteiger partial charge in [0.1, 0.15) is 30.5 Å². The zero-order valence-corrected chi connectivity index (χ0v) is 36.2. The first-order valence-corrected chi connectivity index (χ1v) is 20.0. The van der Waals surface area contributed by atoms with E-state index in [1.165, 1.54) is 0 Å². The van der Waals surface area contributed by atoms with Gasteiger partial charge >= 0.3 is 29.8 Å². The van der Waals surface area contributed by atoms with Crippen LogP contribution in [0, 0.1) is 11.8 Å². The molecule has 362 valence electrons. The van der Waals surface area contributed by atoms with Crippen LogP contribution in [0.1, 0.15) is 48.0 Å². The molecule has 3 heterocycles. The molecule has 4 rings (SSSR count). The van der Waals surface area contributed by atoms with E-state index in [2.05, 4.69) is 60.2 Å². The SMILES string of the molecule is CC(=O)OC1[C@H](O[C@@H]2C(OC(C)=O)[C@H](N=[N+]=[N-])CC(N=[N+]=[N-])[C@H]2O[C@H]2OC(CN=[N+]=[N-])[C@@H](C)[C@H](C)C2N=[N+]=[N-])O[C@H](C(=O)O)[C@@H]1O[C@H]1O[C@@H](CN=[N+]=[N-])[C@@H](OC(C)=O)C(OC(C)=O)C1N=[N+]=[N-]. The number of carboxylic acid groups (broad SMARTS) is 1. The number of carbonyl (C=O) groups excluding carboxylic acids is 4. The molecule has 67 heavy (non-hydrogen) atoms. The van der Waals surface area contributed by atoms with Crippen LogP contribution in [0.3, 0.4) is 0 Å². The van der Waals surface area contributed by atoms with Crippen molar-refractivity contribution < 1.29 is 76.4 Å². The molecule has 0 aromatic carbocycles. The summed E-state index contributed by atoms with van der Waals surface area (Å²) in [4.78, 5) is 79.8. The summed E-state index contributed by atoms with van der Waals surface area (Å²) < 4.78 is 58.7. The summed E-state index contributed by atoms with van der Waals surface area (Å²) in [5.41, 5.74) is 56.6. The third kappa shape index (κ3) is 13.1. The fourth-order valence-electron chi connectivity index (χ4n) is 8.06. The molecule has 19 atom stereocenters. The normalized spacial score (nSPS) is 36.5. The number of azide groups is 6. The molecule has 0 bridgehead atoms. The van der Waals surface area contributed by atoms with Crippen molar-refractivity contribution in [1.29, 1.82) is 0 Å². The van der Waals surface area contributed by atoms with Gasteiger partial charge in [-0.15, -0.1) is 0 Å². The van der Waals surface area contributed by atoms with Crippen molar-refractivity contribution >= 4 is 29.8 Å². The first-order valence-electron chi connectivity index (χ1n) is 20.0. The van der Waals surface area contributed by atoms with Crippen molar-refractivity contribution in [2.45, 2.75) is 152 Å². The van der Waals surface area contributed by atoms with Crippen LogP contribution in [0.4, 0.5) is 0 Å². The van der Waals surface area contributed by atoms with Crippen molar-refractivity contribution in [3.8, 4) is 0 Å². The molecular formula is C33H44N18O16. The summed E-state index contributed by atoms with van der Waals surface area (Å²) in [5.74, 6) is -6.75. The first kappa shape index (κ1) is 52.6. The van der Waals surface area contributed by atoms with E-state index in [9.17, 15) is 51.2 Å². The van der Waals surface area contributed by atoms with Crippen molar-refractivity contribution in [3.63, 3.8) is 0 Å². The molecule has 34 nitrogen and oxygen atoms in total. The molecule has 3 aliphatic heterocycles. The van der Waals surface area contributed by atoms with Crippen LogP contribution in [0.15, 0.2) is 30.7 Å². The molecule has 3 saturated heterocycles. The molecule has 4 aliphatic rings. The van der Waals surface area contributed by atoms with Gasteiger partial charge < -0.3 is 52.5 Å². The molecule has 4 fully saturated rings. The Morgan fingerprint density at radius 1 is 0.507 bits per heavy atom. The Labute approximate surface area is 376 Å². The van der Waals surface area contributed by atoms with Crippen LogP contribution in [0.5, 0.6) is 0 Å². The zero-order valence-electron chi connectivity index (χ0n) is 36.2. The van der Waals surface area contributed by atoms with Gasteiger partial charge in [0.05, 0.1) is 43.4 Å². The fourth-order valence-corrected chi connectivity index (χ4v) is 8.06. The van der Waals surface area contributed by atoms with E-state index in [0.29, 0.717) is 0 Å². The van der Waals surface area contributed by atoms with Crippen LogP contribution in [-0.2, 0) is 71.3 Å². The quantitative estimate of drug-likeness (QED) is 0.0625. The number of ether oxygens (including phenoxy) is 10. The summed E-state index contributed by atoms with van der Waals surface area (Å²) >= 11 is 0. The Morgan fingerprint density at radius 2 is 0.955 bits per heavy atom. The van der Waals surface area contributed by atoms with E-state index in [-0.39, 0.29) is 13.0 Å². The average molecular weight is 949 g/mol. The van der Waals surface area contributed by atoms with Gasteiger partial charge in [0, 0.05) is 57.2 Å². The number of nitrogens with zero attached hydrogens (tertiary/aromatic N) is 18. The van der Waals surface area contributed by atoms with Gasteiger partial charge in [0.25, 0.3) is 0 Å². The number of rotatable bonds is 19. The van der Waals surface area contributed by atoms with Crippen LogP contribution >= 0.6 is 0 Å². The largest absolute Gasteiger partial charge is 0.479 e. The molecule has 1 saturated carbocycles. The van der Waals surface area contributed by atoms with Gasteiger partial charge in [-0.2, -0.15) is 0 Å². The molecule has 1 N–H and O–H groups in total. The van der Waals surface area contributed by atoms with E-state index in [1.807, 2.05) is 0 Å². The van der Waals surface area contributed by atoms with Crippen molar-refractivity contribution in [3.05, 3.63) is 62.7 Å². The Kier molecular flexibility index (Phi) is 19.2. The number of aliphatic carboxylic acids is 1. The highest BCUT2D eigenvalue weighted by Gasteiger charge is 2.59. The van der Waals surface area contributed by atoms with Crippen LogP contribution < -0.4 is 0 Å². The molecule has 0 amide bonds. The lowest BCUT2D eigenvalue weighted by molar-refractivity contribution is -0.298. The second kappa shape index (κ2) is 24.5. The minimum Gasteiger partial charge on any atom is -0.479 e. The van der Waals surface area contributed by atoms with Gasteiger partial charge in [-0.1, -0.05) is 44.5 Å². The molecule has 0 aromatic rings. The number of carbonyl (C=O) groups is 5. The Hall–Kier alpha value is -7.03. The second-order valence-electron chi connectivity index (χ2n) is 15.2. The van der Waals surface area contributed by atoms with Crippen LogP contribution in [-0.4, -0.2) is 152 Å². The van der Waals surface area contributed by atoms with Crippen molar-refractivity contribution in [2.24, 2.45) is 42.5 Å².